The van der Waals surface area contributed by atoms with E-state index in [-0.39, 0.29) is 1340 Å². The van der Waals surface area contributed by atoms with Gasteiger partial charge in [-0.1, -0.05) is 25.1 Å². The summed E-state index contributed by atoms with van der Waals surface area (Å²) < 4.78 is 0. The number of hydrogen-bond acceptors (Lipinski definition) is 0. The number of hydrogen-bond donors (Lipinski definition) is 0. The second kappa shape index (κ2) is 206. The Morgan fingerprint density at radius 1 is 0.276 bits per heavy atom. The van der Waals surface area contributed by atoms with Crippen molar-refractivity contribution in [2.75, 3.05) is 0 Å². The van der Waals surface area contributed by atoms with Crippen LogP contribution >= 0.6 is 0 Å². The standard InChI is InChI=1S/C17H12.41Y/c1-13-6-4-9-15(12-13)17-11-5-8-14-7-2-3-10-16(14)17;;;;;;;;;;;;;;;;;;;;;;;;;;;;;;;;;;;;;;;;;/h2-10H,1H3;;;;;;;;;;;;;;;;;;;;;;;;;;;;;;;;;;;;;;;;;/q-2;;;;;;;;;;;;;;;;;;;;;;;;;;;;;;;;;;;;;;;;;. The molecular weight excluding hydrogens is 3850 g/mol. The second-order valence-corrected chi connectivity index (χ2v) is 4.19. The molecule has 3 aromatic rings. The Labute approximate surface area is 1390 Å². The van der Waals surface area contributed by atoms with Crippen molar-refractivity contribution < 1.29 is 1340 Å². The van der Waals surface area contributed by atoms with E-state index in [9.17, 15) is 0 Å². The quantitative estimate of drug-likeness (QED) is 0.320. The average Bonchev–Trinajstić information content (AvgIpc) is 2.38. The smallest absolute Gasteiger partial charge is 0 e. The van der Waals surface area contributed by atoms with Crippen LogP contribution in [0, 0.1) is 19.1 Å². The zero-order chi connectivity index (χ0) is 11.7. The third-order valence-electron chi connectivity index (χ3n) is 2.93. The molecule has 0 atom stereocenters. The first-order valence-electron chi connectivity index (χ1n) is 5.73. The molecule has 0 fully saturated rings. The van der Waals surface area contributed by atoms with Crippen LogP contribution in [-0.4, -0.2) is 0 Å². The maximum atomic E-state index is 3.38. The molecule has 0 spiro atoms. The molecule has 0 unspecified atom stereocenters. The van der Waals surface area contributed by atoms with Crippen LogP contribution < -0.4 is 0 Å². The molecule has 58 heavy (non-hydrogen) atoms. The fourth-order valence-corrected chi connectivity index (χ4v) is 2.12. The van der Waals surface area contributed by atoms with Gasteiger partial charge in [-0.05, 0) is 0 Å². The molecule has 0 aliphatic carbocycles. The monoisotopic (exact) mass is 3860 g/mol. The van der Waals surface area contributed by atoms with Crippen LogP contribution in [0.25, 0.3) is 21.9 Å². The van der Waals surface area contributed by atoms with Gasteiger partial charge in [0.2, 0.25) is 0 Å². The van der Waals surface area contributed by atoms with Crippen molar-refractivity contribution in [3.05, 3.63) is 72.3 Å². The van der Waals surface area contributed by atoms with E-state index in [0.717, 1.165) is 16.7 Å². The van der Waals surface area contributed by atoms with Crippen molar-refractivity contribution in [2.24, 2.45) is 0 Å². The van der Waals surface area contributed by atoms with Crippen LogP contribution in [0.2, 0.25) is 0 Å². The Morgan fingerprint density at radius 3 is 0.793 bits per heavy atom. The summed E-state index contributed by atoms with van der Waals surface area (Å²) in [5, 5.41) is 2.48. The van der Waals surface area contributed by atoms with Gasteiger partial charge in [0.1, 0.15) is 0 Å². The van der Waals surface area contributed by atoms with E-state index < -0.39 is 0 Å². The Kier molecular flexibility index (Phi) is 932. The Balaban J connectivity index is -0.00000000238. The fraction of sp³-hybridized carbons (Fsp3) is 0.0588. The molecule has 0 bridgehead atoms. The molecule has 0 nitrogen and oxygen atoms in total. The van der Waals surface area contributed by atoms with Gasteiger partial charge in [-0.25, -0.2) is 11.1 Å². The van der Waals surface area contributed by atoms with E-state index in [1.807, 2.05) is 6.07 Å². The first kappa shape index (κ1) is 263. The molecular formula is C17H12Y41-2. The summed E-state index contributed by atoms with van der Waals surface area (Å²) in [5.41, 5.74) is 3.40. The normalized spacial score (nSPS) is 3.12. The van der Waals surface area contributed by atoms with Crippen LogP contribution in [0.4, 0.5) is 0 Å². The summed E-state index contributed by atoms with van der Waals surface area (Å²) in [6, 6.07) is 25.4. The van der Waals surface area contributed by atoms with Crippen molar-refractivity contribution in [2.45, 2.75) is 6.92 Å². The fourth-order valence-electron chi connectivity index (χ4n) is 2.12. The second-order valence-electron chi connectivity index (χ2n) is 4.19. The van der Waals surface area contributed by atoms with E-state index >= 15 is 0 Å². The summed E-state index contributed by atoms with van der Waals surface area (Å²) in [4.78, 5) is 0. The van der Waals surface area contributed by atoms with Crippen molar-refractivity contribution >= 4 is 10.8 Å². The third kappa shape index (κ3) is 156. The molecule has 0 aromatic heterocycles. The minimum Gasteiger partial charge on any atom is -0.225 e. The number of aryl methyl sites for hydroxylation is 1. The average molecular weight is 3860 g/mol. The maximum Gasteiger partial charge on any atom is 0 e. The summed E-state index contributed by atoms with van der Waals surface area (Å²) in [6.45, 7) is 2.06. The largest absolute Gasteiger partial charge is 0.225 e. The molecule has 0 amide bonds. The van der Waals surface area contributed by atoms with Crippen molar-refractivity contribution in [1.29, 1.82) is 0 Å². The van der Waals surface area contributed by atoms with Gasteiger partial charge in [-0.15, -0.1) is 34.5 Å². The molecule has 41 heteroatoms. The SMILES string of the molecule is Cc1[c-]c(-c2[c-]ccc3ccccc23)ccc1.[Y].[Y].[Y].[Y].[Y].[Y].[Y].[Y].[Y].[Y].[Y].[Y].[Y].[Y].[Y].[Y].[Y].[Y].[Y].[Y].[Y].[Y].[Y].[Y].[Y].[Y].[Y].[Y].[Y].[Y].[Y].[Y].[Y].[Y].[Y].[Y].[Y].[Y].[Y].[Y].[Y]. The molecule has 41 radical (unpaired) electrons. The van der Waals surface area contributed by atoms with Gasteiger partial charge in [-0.3, -0.25) is 0 Å². The molecule has 0 aliphatic rings. The first-order chi connectivity index (χ1) is 8.34. The van der Waals surface area contributed by atoms with Gasteiger partial charge in [0.05, 0.1) is 0 Å². The predicted octanol–water partition coefficient (Wildman–Crippen LogP) is 4.31. The first-order valence-corrected chi connectivity index (χ1v) is 5.73. The van der Waals surface area contributed by atoms with E-state index in [4.69, 9.17) is 0 Å². The molecule has 0 N–H and O–H groups in total. The topological polar surface area (TPSA) is 0 Å². The molecule has 0 saturated heterocycles. The minimum absolute atomic E-state index is 0. The van der Waals surface area contributed by atoms with Crippen molar-refractivity contribution in [3.8, 4) is 11.1 Å². The van der Waals surface area contributed by atoms with Crippen LogP contribution in [0.15, 0.2) is 54.6 Å². The Bertz CT molecular complexity index is 711. The molecule has 205 valence electrons. The minimum atomic E-state index is 0. The molecule has 3 rings (SSSR count). The molecule has 0 heterocycles. The third-order valence-corrected chi connectivity index (χ3v) is 2.93. The van der Waals surface area contributed by atoms with Gasteiger partial charge >= 0.3 is 0 Å². The van der Waals surface area contributed by atoms with Gasteiger partial charge in [0.25, 0.3) is 0 Å². The van der Waals surface area contributed by atoms with E-state index in [1.165, 1.54) is 10.8 Å². The zero-order valence-corrected chi connectivity index (χ0v) is 150. The van der Waals surface area contributed by atoms with Crippen LogP contribution in [-0.2, 0) is 1340 Å². The van der Waals surface area contributed by atoms with Crippen LogP contribution in [0.3, 0.4) is 0 Å². The van der Waals surface area contributed by atoms with Crippen LogP contribution in [0.1, 0.15) is 5.56 Å². The van der Waals surface area contributed by atoms with Gasteiger partial charge in [-0.2, -0.15) is 30.3 Å². The predicted molar refractivity (Wildman–Crippen MR) is 71.8 cm³/mol. The van der Waals surface area contributed by atoms with Crippen LogP contribution in [0.5, 0.6) is 0 Å². The Morgan fingerprint density at radius 2 is 0.534 bits per heavy atom. The van der Waals surface area contributed by atoms with E-state index in [2.05, 4.69) is 67.6 Å². The summed E-state index contributed by atoms with van der Waals surface area (Å²) >= 11 is 0. The summed E-state index contributed by atoms with van der Waals surface area (Å²) in [7, 11) is 0. The van der Waals surface area contributed by atoms with E-state index in [0.29, 0.717) is 0 Å². The number of rotatable bonds is 1. The molecule has 0 saturated carbocycles. The summed E-state index contributed by atoms with van der Waals surface area (Å²) in [5.74, 6) is 0. The van der Waals surface area contributed by atoms with Crippen molar-refractivity contribution in [3.63, 3.8) is 0 Å². The van der Waals surface area contributed by atoms with Crippen molar-refractivity contribution in [1.82, 2.24) is 0 Å². The van der Waals surface area contributed by atoms with Gasteiger partial charge in [0.15, 0.2) is 0 Å². The Hall–Kier alpha value is 43.2. The van der Waals surface area contributed by atoms with Gasteiger partial charge < -0.3 is 0 Å². The van der Waals surface area contributed by atoms with E-state index in [1.54, 1.807) is 0 Å². The number of benzene rings is 3. The maximum absolute atomic E-state index is 3.38. The molecule has 3 aromatic carbocycles. The summed E-state index contributed by atoms with van der Waals surface area (Å²) in [6.07, 6.45) is 0. The number of fused-ring (bicyclic) bond motifs is 1. The zero-order valence-electron chi connectivity index (χ0n) is 33.4. The molecule has 0 aliphatic heterocycles. The van der Waals surface area contributed by atoms with Gasteiger partial charge in [0, 0.05) is 1340 Å².